The summed E-state index contributed by atoms with van der Waals surface area (Å²) in [4.78, 5) is 43.4. The van der Waals surface area contributed by atoms with Gasteiger partial charge >= 0.3 is 5.69 Å². The molecular weight excluding hydrogens is 705 g/mol. The number of ketones is 1. The molecule has 0 radical (unpaired) electrons. The van der Waals surface area contributed by atoms with Gasteiger partial charge in [-0.2, -0.15) is 0 Å². The molecule has 0 spiro atoms. The Morgan fingerprint density at radius 2 is 1.19 bits per heavy atom. The van der Waals surface area contributed by atoms with Crippen LogP contribution in [0.5, 0.6) is 0 Å². The summed E-state index contributed by atoms with van der Waals surface area (Å²) < 4.78 is 29.3. The summed E-state index contributed by atoms with van der Waals surface area (Å²) in [6.07, 6.45) is -1.53. The van der Waals surface area contributed by atoms with Gasteiger partial charge in [-0.05, 0) is 65.5 Å². The summed E-state index contributed by atoms with van der Waals surface area (Å²) in [6.45, 7) is 33.0. The second-order valence-electron chi connectivity index (χ2n) is 18.8. The molecule has 1 aromatic heterocycles. The van der Waals surface area contributed by atoms with Crippen LogP contribution < -0.4 is 11.2 Å². The van der Waals surface area contributed by atoms with Crippen molar-refractivity contribution in [2.75, 3.05) is 6.61 Å². The Balaban J connectivity index is 1.84. The van der Waals surface area contributed by atoms with Crippen LogP contribution in [-0.2, 0) is 18.0 Å². The van der Waals surface area contributed by atoms with E-state index < -0.39 is 66.5 Å². The Labute approximate surface area is 313 Å². The third-order valence-corrected chi connectivity index (χ3v) is 25.4. The maximum absolute atomic E-state index is 13.9. The maximum atomic E-state index is 13.9. The van der Waals surface area contributed by atoms with Gasteiger partial charge in [0.1, 0.15) is 23.9 Å². The number of nitrogens with zero attached hydrogens (tertiary/aromatic N) is 1. The average molecular weight is 767 g/mol. The van der Waals surface area contributed by atoms with Gasteiger partial charge in [-0.25, -0.2) is 4.79 Å². The smallest absolute Gasteiger partial charge is 0.330 e. The van der Waals surface area contributed by atoms with Crippen LogP contribution in [0.15, 0.2) is 70.4 Å². The first-order valence-corrected chi connectivity index (χ1v) is 27.1. The minimum atomic E-state index is -2.51. The van der Waals surface area contributed by atoms with Crippen LogP contribution >= 0.6 is 0 Å². The predicted molar refractivity (Wildman–Crippen MR) is 218 cm³/mol. The number of aromatic nitrogens is 2. The Morgan fingerprint density at radius 3 is 1.69 bits per heavy atom. The van der Waals surface area contributed by atoms with Crippen molar-refractivity contribution in [2.24, 2.45) is 0 Å². The van der Waals surface area contributed by atoms with Crippen molar-refractivity contribution in [3.63, 3.8) is 0 Å². The Hall–Kier alpha value is -2.72. The van der Waals surface area contributed by atoms with E-state index in [4.69, 9.17) is 18.0 Å². The van der Waals surface area contributed by atoms with E-state index in [1.807, 2.05) is 42.5 Å². The summed E-state index contributed by atoms with van der Waals surface area (Å²) in [5, 5.41) is -0.331. The SMILES string of the molecule is CC(C)(C)[Si](C)(C)OC[C@H]1O[C@@H](n2cc(C(=O)c3ccc(-c4ccccc4)cc3)c(=O)[nH]c2=O)[C@H](O[Si](C)(C)C(C)(C)C)[C@@H]1O[Si](C)(C)C(C)(C)C. The van der Waals surface area contributed by atoms with Crippen molar-refractivity contribution in [1.29, 1.82) is 0 Å². The molecule has 3 aromatic rings. The number of carbonyl (C=O) groups is 1. The van der Waals surface area contributed by atoms with E-state index >= 15 is 0 Å². The molecule has 1 saturated heterocycles. The lowest BCUT2D eigenvalue weighted by Gasteiger charge is -2.44. The number of hydrogen-bond acceptors (Lipinski definition) is 7. The molecule has 1 aliphatic heterocycles. The average Bonchev–Trinajstić information content (AvgIpc) is 3.33. The highest BCUT2D eigenvalue weighted by Gasteiger charge is 2.55. The van der Waals surface area contributed by atoms with Gasteiger partial charge < -0.3 is 18.0 Å². The van der Waals surface area contributed by atoms with Crippen molar-refractivity contribution in [3.05, 3.63) is 92.8 Å². The highest BCUT2D eigenvalue weighted by atomic mass is 28.4. The molecular formula is C40H62N2O7Si3. The third kappa shape index (κ3) is 8.97. The highest BCUT2D eigenvalue weighted by Crippen LogP contribution is 2.46. The van der Waals surface area contributed by atoms with E-state index in [2.05, 4.69) is 107 Å². The summed E-state index contributed by atoms with van der Waals surface area (Å²) >= 11 is 0. The second kappa shape index (κ2) is 14.8. The fourth-order valence-corrected chi connectivity index (χ4v) is 8.93. The second-order valence-corrected chi connectivity index (χ2v) is 33.1. The van der Waals surface area contributed by atoms with E-state index in [1.165, 1.54) is 10.8 Å². The zero-order chi connectivity index (χ0) is 39.2. The molecule has 0 aliphatic carbocycles. The van der Waals surface area contributed by atoms with E-state index in [1.54, 1.807) is 12.1 Å². The summed E-state index contributed by atoms with van der Waals surface area (Å²) in [5.41, 5.74) is 0.679. The quantitative estimate of drug-likeness (QED) is 0.153. The van der Waals surface area contributed by atoms with Gasteiger partial charge in [0.15, 0.2) is 37.0 Å². The molecule has 0 bridgehead atoms. The molecule has 1 N–H and O–H groups in total. The van der Waals surface area contributed by atoms with Crippen molar-refractivity contribution < 1.29 is 22.8 Å². The fraction of sp³-hybridized carbons (Fsp3) is 0.575. The van der Waals surface area contributed by atoms with Crippen molar-refractivity contribution in [2.45, 2.75) is 141 Å². The summed E-state index contributed by atoms with van der Waals surface area (Å²) in [5.74, 6) is -0.499. The van der Waals surface area contributed by atoms with Crippen LogP contribution in [0.3, 0.4) is 0 Å². The molecule has 2 aromatic carbocycles. The van der Waals surface area contributed by atoms with Gasteiger partial charge in [-0.3, -0.25) is 19.1 Å². The normalized spacial score (nSPS) is 20.7. The fourth-order valence-electron chi connectivity index (χ4n) is 5.31. The molecule has 9 nitrogen and oxygen atoms in total. The van der Waals surface area contributed by atoms with Crippen molar-refractivity contribution in [3.8, 4) is 11.1 Å². The predicted octanol–water partition coefficient (Wildman–Crippen LogP) is 9.13. The number of ether oxygens (including phenoxy) is 1. The zero-order valence-electron chi connectivity index (χ0n) is 34.1. The van der Waals surface area contributed by atoms with Gasteiger partial charge in [-0.15, -0.1) is 0 Å². The Bertz CT molecular complexity index is 1830. The Kier molecular flexibility index (Phi) is 12.0. The van der Waals surface area contributed by atoms with E-state index in [9.17, 15) is 14.4 Å². The van der Waals surface area contributed by atoms with Gasteiger partial charge in [0.05, 0.1) is 6.61 Å². The van der Waals surface area contributed by atoms with Gasteiger partial charge in [0.2, 0.25) is 0 Å². The molecule has 1 fully saturated rings. The third-order valence-electron chi connectivity index (χ3n) is 11.9. The van der Waals surface area contributed by atoms with Crippen LogP contribution in [0.4, 0.5) is 0 Å². The number of hydrogen-bond donors (Lipinski definition) is 1. The maximum Gasteiger partial charge on any atom is 0.330 e. The molecule has 0 amide bonds. The first kappa shape index (κ1) is 42.0. The molecule has 52 heavy (non-hydrogen) atoms. The number of nitrogens with one attached hydrogen (secondary N) is 1. The topological polar surface area (TPSA) is 109 Å². The molecule has 2 heterocycles. The van der Waals surface area contributed by atoms with Gasteiger partial charge in [0.25, 0.3) is 5.56 Å². The zero-order valence-corrected chi connectivity index (χ0v) is 37.1. The largest absolute Gasteiger partial charge is 0.414 e. The molecule has 0 unspecified atom stereocenters. The van der Waals surface area contributed by atoms with Crippen LogP contribution in [0, 0.1) is 0 Å². The van der Waals surface area contributed by atoms with Crippen LogP contribution in [-0.4, -0.2) is 65.2 Å². The number of aromatic amines is 1. The first-order valence-electron chi connectivity index (χ1n) is 18.4. The highest BCUT2D eigenvalue weighted by molar-refractivity contribution is 6.75. The number of benzene rings is 2. The molecule has 286 valence electrons. The van der Waals surface area contributed by atoms with E-state index in [0.717, 1.165) is 11.1 Å². The van der Waals surface area contributed by atoms with Gasteiger partial charge in [0, 0.05) is 11.8 Å². The lowest BCUT2D eigenvalue weighted by molar-refractivity contribution is -0.0510. The molecule has 4 rings (SSSR count). The summed E-state index contributed by atoms with van der Waals surface area (Å²) in [7, 11) is -7.16. The van der Waals surface area contributed by atoms with Crippen molar-refractivity contribution >= 4 is 30.7 Å². The molecule has 1 aliphatic rings. The lowest BCUT2D eigenvalue weighted by atomic mass is 10.0. The van der Waals surface area contributed by atoms with E-state index in [0.29, 0.717) is 5.56 Å². The van der Waals surface area contributed by atoms with Crippen LogP contribution in [0.2, 0.25) is 54.4 Å². The standard InChI is InChI=1S/C40H62N2O7Si3/c1-38(2,3)50(10,11)46-26-31-33(48-51(12,13)39(4,5)6)34(49-52(14,15)40(7,8)9)36(47-31)42-25-30(35(44)41-37(42)45)32(43)29-23-21-28(22-24-29)27-19-17-16-18-20-27/h16-25,31,33-34,36H,26H2,1-15H3,(H,41,44,45)/t31-,33-,34-,36-/m1/s1. The van der Waals surface area contributed by atoms with E-state index in [-0.39, 0.29) is 27.3 Å². The number of H-pyrrole nitrogens is 1. The first-order chi connectivity index (χ1) is 23.7. The van der Waals surface area contributed by atoms with Crippen LogP contribution in [0.1, 0.15) is 84.5 Å². The minimum absolute atomic E-state index is 0.0394. The lowest BCUT2D eigenvalue weighted by Crippen LogP contribution is -2.55. The minimum Gasteiger partial charge on any atom is -0.414 e. The monoisotopic (exact) mass is 766 g/mol. The number of rotatable bonds is 11. The molecule has 12 heteroatoms. The summed E-state index contributed by atoms with van der Waals surface area (Å²) in [6, 6.07) is 17.0. The molecule has 4 atom stereocenters. The Morgan fingerprint density at radius 1 is 0.712 bits per heavy atom. The van der Waals surface area contributed by atoms with Crippen LogP contribution in [0.25, 0.3) is 11.1 Å². The number of carbonyl (C=O) groups excluding carboxylic acids is 1. The van der Waals surface area contributed by atoms with Gasteiger partial charge in [-0.1, -0.05) is 117 Å². The van der Waals surface area contributed by atoms with Crippen molar-refractivity contribution in [1.82, 2.24) is 9.55 Å². The molecule has 0 saturated carbocycles.